The maximum atomic E-state index is 14.4. The minimum absolute atomic E-state index is 0.172. The average Bonchev–Trinajstić information content (AvgIpc) is 3.43. The lowest BCUT2D eigenvalue weighted by Crippen LogP contribution is -2.53. The third-order valence-corrected chi connectivity index (χ3v) is 10.7. The number of rotatable bonds is 11. The molecule has 0 bridgehead atoms. The van der Waals surface area contributed by atoms with Crippen molar-refractivity contribution in [2.24, 2.45) is 5.73 Å². The fourth-order valence-corrected chi connectivity index (χ4v) is 7.49. The summed E-state index contributed by atoms with van der Waals surface area (Å²) in [6.07, 6.45) is 4.44. The molecule has 1 unspecified atom stereocenters. The van der Waals surface area contributed by atoms with Crippen molar-refractivity contribution >= 4 is 40.0 Å². The summed E-state index contributed by atoms with van der Waals surface area (Å²) in [5.74, 6) is -0.267. The number of carboxylic acids is 1. The molecule has 5 aromatic rings. The van der Waals surface area contributed by atoms with Gasteiger partial charge < -0.3 is 15.4 Å². The smallest absolute Gasteiger partial charge is 0.336 e. The van der Waals surface area contributed by atoms with E-state index >= 15 is 0 Å². The molecule has 0 radical (unpaired) electrons. The van der Waals surface area contributed by atoms with Crippen molar-refractivity contribution < 1.29 is 19.5 Å². The van der Waals surface area contributed by atoms with Gasteiger partial charge in [-0.05, 0) is 92.0 Å². The van der Waals surface area contributed by atoms with Crippen molar-refractivity contribution in [2.45, 2.75) is 77.4 Å². The highest BCUT2D eigenvalue weighted by Gasteiger charge is 2.42. The van der Waals surface area contributed by atoms with E-state index in [1.165, 1.54) is 0 Å². The molecule has 6 rings (SSSR count). The summed E-state index contributed by atoms with van der Waals surface area (Å²) >= 11 is 0.952. The number of carboxylic acid groups (broad SMARTS) is 1. The zero-order chi connectivity index (χ0) is 34.7. The van der Waals surface area contributed by atoms with E-state index in [0.29, 0.717) is 36.9 Å². The molecule has 1 amide bonds. The Hall–Kier alpha value is -4.73. The van der Waals surface area contributed by atoms with Crippen LogP contribution < -0.4 is 5.73 Å². The summed E-state index contributed by atoms with van der Waals surface area (Å²) in [7, 11) is 0. The Balaban J connectivity index is 1.34. The number of nitrogens with two attached hydrogens (primary N) is 1. The molecule has 9 heteroatoms. The maximum Gasteiger partial charge on any atom is 0.336 e. The molecular formula is C40H42N4O4S. The Morgan fingerprint density at radius 3 is 2.33 bits per heavy atom. The van der Waals surface area contributed by atoms with Crippen LogP contribution in [0.1, 0.15) is 82.8 Å². The van der Waals surface area contributed by atoms with Crippen LogP contribution in [0.3, 0.4) is 0 Å². The molecule has 49 heavy (non-hydrogen) atoms. The van der Waals surface area contributed by atoms with Gasteiger partial charge in [0.05, 0.1) is 22.1 Å². The van der Waals surface area contributed by atoms with Gasteiger partial charge >= 0.3 is 5.97 Å². The van der Waals surface area contributed by atoms with Crippen molar-refractivity contribution in [3.63, 3.8) is 0 Å². The molecule has 1 fully saturated rings. The minimum Gasteiger partial charge on any atom is -0.478 e. The van der Waals surface area contributed by atoms with E-state index in [1.807, 2.05) is 92.7 Å². The lowest BCUT2D eigenvalue weighted by Gasteiger charge is -2.38. The Labute approximate surface area is 291 Å². The zero-order valence-corrected chi connectivity index (χ0v) is 29.0. The topological polar surface area (TPSA) is 119 Å². The van der Waals surface area contributed by atoms with Crippen LogP contribution in [0.5, 0.6) is 0 Å². The van der Waals surface area contributed by atoms with Gasteiger partial charge in [0.1, 0.15) is 5.82 Å². The molecule has 8 nitrogen and oxygen atoms in total. The fraction of sp³-hybridized carbons (Fsp3) is 0.300. The number of carbonyl (C=O) groups is 3. The van der Waals surface area contributed by atoms with Crippen molar-refractivity contribution in [1.82, 2.24) is 13.9 Å². The molecule has 1 aromatic heterocycles. The quantitative estimate of drug-likeness (QED) is 0.137. The Bertz CT molecular complexity index is 2000. The number of carbonyl (C=O) groups excluding carboxylic acids is 2. The predicted octanol–water partition coefficient (Wildman–Crippen LogP) is 7.84. The van der Waals surface area contributed by atoms with E-state index in [4.69, 9.17) is 10.7 Å². The molecule has 0 spiro atoms. The van der Waals surface area contributed by atoms with Crippen LogP contribution in [0.4, 0.5) is 0 Å². The number of aromatic carboxylic acids is 1. The Kier molecular flexibility index (Phi) is 10.0. The Morgan fingerprint density at radius 1 is 0.980 bits per heavy atom. The number of hydrogen-bond acceptors (Lipinski definition) is 6. The van der Waals surface area contributed by atoms with Crippen LogP contribution >= 0.6 is 11.9 Å². The van der Waals surface area contributed by atoms with E-state index in [-0.39, 0.29) is 22.6 Å². The highest BCUT2D eigenvalue weighted by atomic mass is 32.2. The van der Waals surface area contributed by atoms with Crippen LogP contribution in [0.15, 0.2) is 91.0 Å². The second kappa shape index (κ2) is 14.4. The Morgan fingerprint density at radius 2 is 1.67 bits per heavy atom. The first kappa shape index (κ1) is 34.1. The summed E-state index contributed by atoms with van der Waals surface area (Å²) in [6.45, 7) is 6.59. The maximum absolute atomic E-state index is 14.4. The number of fused-ring (bicyclic) bond motifs is 1. The van der Waals surface area contributed by atoms with Crippen molar-refractivity contribution in [1.29, 1.82) is 0 Å². The van der Waals surface area contributed by atoms with Gasteiger partial charge in [-0.25, -0.2) is 9.78 Å². The molecule has 0 aliphatic heterocycles. The summed E-state index contributed by atoms with van der Waals surface area (Å²) in [4.78, 5) is 44.7. The molecule has 252 valence electrons. The van der Waals surface area contributed by atoms with Gasteiger partial charge in [0.25, 0.3) is 5.91 Å². The second-order valence-corrected chi connectivity index (χ2v) is 14.1. The van der Waals surface area contributed by atoms with Gasteiger partial charge in [-0.15, -0.1) is 0 Å². The van der Waals surface area contributed by atoms with Gasteiger partial charge in [-0.2, -0.15) is 0 Å². The molecule has 0 saturated heterocycles. The van der Waals surface area contributed by atoms with Crippen LogP contribution in [0.25, 0.3) is 22.2 Å². The first-order chi connectivity index (χ1) is 23.6. The normalized spacial score (nSPS) is 14.3. The largest absolute Gasteiger partial charge is 0.478 e. The highest BCUT2D eigenvalue weighted by molar-refractivity contribution is 8.12. The van der Waals surface area contributed by atoms with Gasteiger partial charge in [0, 0.05) is 36.5 Å². The summed E-state index contributed by atoms with van der Waals surface area (Å²) in [6, 6.07) is 28.4. The van der Waals surface area contributed by atoms with Gasteiger partial charge in [-0.1, -0.05) is 79.7 Å². The summed E-state index contributed by atoms with van der Waals surface area (Å²) in [5.41, 5.74) is 12.5. The number of aromatic nitrogens is 2. The SMILES string of the molecule is CCCc1nc2c(C)cc(C(=O)N(SC(=O)C3(N)CCC3)C(C)Cc3ccccc3)cc2n1Cc1ccc(-c2ccccc2C(=O)O)cc1. The number of imidazole rings is 1. The third-order valence-electron chi connectivity index (χ3n) is 9.42. The minimum atomic E-state index is -0.962. The predicted molar refractivity (Wildman–Crippen MR) is 196 cm³/mol. The van der Waals surface area contributed by atoms with Crippen LogP contribution in [0.2, 0.25) is 0 Å². The first-order valence-corrected chi connectivity index (χ1v) is 17.7. The van der Waals surface area contributed by atoms with Gasteiger partial charge in [0.15, 0.2) is 0 Å². The number of hydrogen-bond donors (Lipinski definition) is 2. The van der Waals surface area contributed by atoms with Crippen molar-refractivity contribution in [3.8, 4) is 11.1 Å². The second-order valence-electron chi connectivity index (χ2n) is 13.1. The highest BCUT2D eigenvalue weighted by Crippen LogP contribution is 2.36. The van der Waals surface area contributed by atoms with E-state index < -0.39 is 11.5 Å². The monoisotopic (exact) mass is 674 g/mol. The molecule has 1 heterocycles. The zero-order valence-electron chi connectivity index (χ0n) is 28.2. The third kappa shape index (κ3) is 7.19. The molecule has 1 atom stereocenters. The number of aryl methyl sites for hydroxylation is 2. The van der Waals surface area contributed by atoms with Gasteiger partial charge in [0.2, 0.25) is 5.12 Å². The molecule has 1 saturated carbocycles. The van der Waals surface area contributed by atoms with Crippen LogP contribution in [-0.2, 0) is 24.2 Å². The van der Waals surface area contributed by atoms with E-state index in [2.05, 4.69) is 11.5 Å². The number of amides is 1. The van der Waals surface area contributed by atoms with Crippen molar-refractivity contribution in [3.05, 3.63) is 125 Å². The lowest BCUT2D eigenvalue weighted by molar-refractivity contribution is -0.118. The molecule has 3 N–H and O–H groups in total. The number of nitrogens with zero attached hydrogens (tertiary/aromatic N) is 3. The van der Waals surface area contributed by atoms with Crippen LogP contribution in [-0.4, -0.2) is 47.5 Å². The van der Waals surface area contributed by atoms with Crippen molar-refractivity contribution in [2.75, 3.05) is 0 Å². The summed E-state index contributed by atoms with van der Waals surface area (Å²) in [5, 5.41) is 9.51. The summed E-state index contributed by atoms with van der Waals surface area (Å²) < 4.78 is 3.78. The van der Waals surface area contributed by atoms with E-state index in [0.717, 1.165) is 70.3 Å². The first-order valence-electron chi connectivity index (χ1n) is 16.9. The number of benzene rings is 4. The molecule has 1 aliphatic carbocycles. The lowest BCUT2D eigenvalue weighted by atomic mass is 9.79. The van der Waals surface area contributed by atoms with E-state index in [1.54, 1.807) is 16.4 Å². The average molecular weight is 675 g/mol. The molecule has 4 aromatic carbocycles. The molecular weight excluding hydrogens is 633 g/mol. The van der Waals surface area contributed by atoms with Gasteiger partial charge in [-0.3, -0.25) is 13.9 Å². The molecule has 1 aliphatic rings. The van der Waals surface area contributed by atoms with Crippen LogP contribution in [0, 0.1) is 6.92 Å². The van der Waals surface area contributed by atoms with E-state index in [9.17, 15) is 19.5 Å². The fourth-order valence-electron chi connectivity index (χ4n) is 6.49. The standard InChI is InChI=1S/C40H42N4O4S/c1-4-11-35-42-36-26(2)22-31(37(45)44(49-39(48)40(41)20-10-21-40)27(3)23-28-12-6-5-7-13-28)24-34(36)43(35)25-29-16-18-30(19-17-29)32-14-8-9-15-33(32)38(46)47/h5-9,12-19,22,24,27H,4,10-11,20-21,23,25,41H2,1-3H3,(H,46,47).